The Morgan fingerprint density at radius 2 is 1.80 bits per heavy atom. The lowest BCUT2D eigenvalue weighted by atomic mass is 10.0. The number of aromatic amines is 1. The number of amides is 2. The maximum atomic E-state index is 13.3. The van der Waals surface area contributed by atoms with E-state index in [0.29, 0.717) is 50.5 Å². The topological polar surface area (TPSA) is 100 Å². The summed E-state index contributed by atoms with van der Waals surface area (Å²) in [5.41, 5.74) is 4.04. The number of H-pyrrole nitrogens is 1. The summed E-state index contributed by atoms with van der Waals surface area (Å²) >= 11 is 0. The Hall–Kier alpha value is -4.04. The fourth-order valence-corrected chi connectivity index (χ4v) is 4.26. The van der Waals surface area contributed by atoms with E-state index < -0.39 is 6.04 Å². The van der Waals surface area contributed by atoms with Crippen LogP contribution < -0.4 is 5.32 Å². The fourth-order valence-electron chi connectivity index (χ4n) is 4.26. The largest absolute Gasteiger partial charge is 0.378 e. The lowest BCUT2D eigenvalue weighted by Crippen LogP contribution is -2.52. The Balaban J connectivity index is 1.34. The molecule has 1 atom stereocenters. The zero-order valence-corrected chi connectivity index (χ0v) is 19.3. The molecule has 0 aliphatic carbocycles. The molecule has 1 aliphatic heterocycles. The Bertz CT molecular complexity index is 1300. The lowest BCUT2D eigenvalue weighted by Gasteiger charge is -2.31. The molecule has 178 valence electrons. The van der Waals surface area contributed by atoms with E-state index in [-0.39, 0.29) is 11.8 Å². The molecular formula is C27H27N5O3. The first-order chi connectivity index (χ1) is 17.2. The Morgan fingerprint density at radius 3 is 2.57 bits per heavy atom. The van der Waals surface area contributed by atoms with Crippen LogP contribution in [0.15, 0.2) is 73.1 Å². The normalized spacial score (nSPS) is 14.6. The molecule has 0 spiro atoms. The van der Waals surface area contributed by atoms with Crippen LogP contribution in [0, 0.1) is 0 Å². The number of aryl methyl sites for hydroxylation is 1. The molecule has 35 heavy (non-hydrogen) atoms. The van der Waals surface area contributed by atoms with E-state index in [1.165, 1.54) is 0 Å². The first-order valence-electron chi connectivity index (χ1n) is 11.8. The highest BCUT2D eigenvalue weighted by atomic mass is 16.5. The predicted molar refractivity (Wildman–Crippen MR) is 133 cm³/mol. The minimum atomic E-state index is -0.620. The number of pyridine rings is 1. The highest BCUT2D eigenvalue weighted by Gasteiger charge is 2.27. The minimum Gasteiger partial charge on any atom is -0.378 e. The Morgan fingerprint density at radius 1 is 1.03 bits per heavy atom. The number of nitrogens with zero attached hydrogens (tertiary/aromatic N) is 3. The second-order valence-electron chi connectivity index (χ2n) is 8.54. The van der Waals surface area contributed by atoms with Crippen molar-refractivity contribution in [3.8, 4) is 11.4 Å². The average molecular weight is 470 g/mol. The molecule has 4 aromatic rings. The highest BCUT2D eigenvalue weighted by Crippen LogP contribution is 2.21. The van der Waals surface area contributed by atoms with Gasteiger partial charge in [-0.2, -0.15) is 0 Å². The van der Waals surface area contributed by atoms with Crippen molar-refractivity contribution in [3.63, 3.8) is 0 Å². The zero-order valence-electron chi connectivity index (χ0n) is 19.3. The quantitative estimate of drug-likeness (QED) is 0.433. The van der Waals surface area contributed by atoms with Crippen molar-refractivity contribution in [2.45, 2.75) is 18.9 Å². The summed E-state index contributed by atoms with van der Waals surface area (Å²) in [5.74, 6) is 0.356. The summed E-state index contributed by atoms with van der Waals surface area (Å²) in [6.07, 6.45) is 4.63. The number of ether oxygens (including phenoxy) is 1. The summed E-state index contributed by atoms with van der Waals surface area (Å²) in [6, 6.07) is 18.4. The number of rotatable bonds is 7. The van der Waals surface area contributed by atoms with Crippen molar-refractivity contribution >= 4 is 22.8 Å². The molecule has 1 fully saturated rings. The van der Waals surface area contributed by atoms with E-state index in [1.807, 2.05) is 48.5 Å². The number of carbonyl (C=O) groups excluding carboxylic acids is 2. The molecule has 2 N–H and O–H groups in total. The maximum absolute atomic E-state index is 13.3. The van der Waals surface area contributed by atoms with Gasteiger partial charge in [-0.25, -0.2) is 4.98 Å². The second kappa shape index (κ2) is 10.5. The number of hydrogen-bond acceptors (Lipinski definition) is 5. The highest BCUT2D eigenvalue weighted by molar-refractivity contribution is 6.00. The van der Waals surface area contributed by atoms with Gasteiger partial charge in [-0.05, 0) is 48.7 Å². The van der Waals surface area contributed by atoms with Crippen LogP contribution >= 0.6 is 0 Å². The second-order valence-corrected chi connectivity index (χ2v) is 8.54. The molecule has 8 nitrogen and oxygen atoms in total. The number of imidazole rings is 1. The van der Waals surface area contributed by atoms with Gasteiger partial charge < -0.3 is 19.9 Å². The molecule has 2 aromatic heterocycles. The third-order valence-corrected chi connectivity index (χ3v) is 6.19. The number of hydrogen-bond donors (Lipinski definition) is 2. The Labute approximate surface area is 203 Å². The monoisotopic (exact) mass is 469 g/mol. The molecule has 2 aromatic carbocycles. The number of aromatic nitrogens is 3. The standard InChI is InChI=1S/C27H27N5O3/c33-26(21-7-9-22-24(18-21)30-25(29-22)20-10-12-28-13-11-20)31-23(8-6-19-4-2-1-3-5-19)27(34)32-14-16-35-17-15-32/h1-5,7,9-13,18,23H,6,8,14-17H2,(H,29,30)(H,31,33)/t23-/m0/s1. The molecular weight excluding hydrogens is 442 g/mol. The third kappa shape index (κ3) is 5.38. The number of benzene rings is 2. The molecule has 5 rings (SSSR count). The Kier molecular flexibility index (Phi) is 6.81. The SMILES string of the molecule is O=C(N[C@@H](CCc1ccccc1)C(=O)N1CCOCC1)c1ccc2nc(-c3ccncc3)[nH]c2c1. The third-order valence-electron chi connectivity index (χ3n) is 6.19. The van der Waals surface area contributed by atoms with E-state index in [2.05, 4.69) is 20.3 Å². The molecule has 0 radical (unpaired) electrons. The van der Waals surface area contributed by atoms with Gasteiger partial charge in [0.15, 0.2) is 0 Å². The van der Waals surface area contributed by atoms with Gasteiger partial charge in [-0.1, -0.05) is 30.3 Å². The van der Waals surface area contributed by atoms with E-state index >= 15 is 0 Å². The number of nitrogens with one attached hydrogen (secondary N) is 2. The van der Waals surface area contributed by atoms with Crippen LogP contribution in [0.2, 0.25) is 0 Å². The summed E-state index contributed by atoms with van der Waals surface area (Å²) < 4.78 is 5.39. The zero-order chi connectivity index (χ0) is 24.0. The van der Waals surface area contributed by atoms with E-state index in [0.717, 1.165) is 22.2 Å². The van der Waals surface area contributed by atoms with Gasteiger partial charge in [0.25, 0.3) is 5.91 Å². The van der Waals surface area contributed by atoms with Gasteiger partial charge in [0, 0.05) is 36.6 Å². The van der Waals surface area contributed by atoms with Crippen LogP contribution in [-0.4, -0.2) is 64.0 Å². The van der Waals surface area contributed by atoms with Crippen LogP contribution in [-0.2, 0) is 16.0 Å². The average Bonchev–Trinajstić information content (AvgIpc) is 3.36. The molecule has 0 saturated carbocycles. The van der Waals surface area contributed by atoms with E-state index in [1.54, 1.807) is 29.4 Å². The van der Waals surface area contributed by atoms with Crippen LogP contribution in [0.1, 0.15) is 22.3 Å². The number of fused-ring (bicyclic) bond motifs is 1. The molecule has 3 heterocycles. The van der Waals surface area contributed by atoms with E-state index in [4.69, 9.17) is 4.74 Å². The molecule has 0 bridgehead atoms. The number of morpholine rings is 1. The first-order valence-corrected chi connectivity index (χ1v) is 11.8. The molecule has 2 amide bonds. The van der Waals surface area contributed by atoms with Gasteiger partial charge in [-0.15, -0.1) is 0 Å². The molecule has 8 heteroatoms. The lowest BCUT2D eigenvalue weighted by molar-refractivity contribution is -0.137. The van der Waals surface area contributed by atoms with Crippen LogP contribution in [0.25, 0.3) is 22.4 Å². The number of carbonyl (C=O) groups is 2. The van der Waals surface area contributed by atoms with Crippen molar-refractivity contribution in [1.82, 2.24) is 25.2 Å². The molecule has 1 saturated heterocycles. The van der Waals surface area contributed by atoms with Gasteiger partial charge >= 0.3 is 0 Å². The van der Waals surface area contributed by atoms with Crippen LogP contribution in [0.3, 0.4) is 0 Å². The summed E-state index contributed by atoms with van der Waals surface area (Å²) in [6.45, 7) is 2.10. The summed E-state index contributed by atoms with van der Waals surface area (Å²) in [5, 5.41) is 2.99. The fraction of sp³-hybridized carbons (Fsp3) is 0.259. The molecule has 1 aliphatic rings. The predicted octanol–water partition coefficient (Wildman–Crippen LogP) is 3.21. The smallest absolute Gasteiger partial charge is 0.252 e. The van der Waals surface area contributed by atoms with Crippen molar-refractivity contribution in [2.24, 2.45) is 0 Å². The summed E-state index contributed by atoms with van der Waals surface area (Å²) in [4.78, 5) is 40.2. The maximum Gasteiger partial charge on any atom is 0.252 e. The van der Waals surface area contributed by atoms with Crippen molar-refractivity contribution in [1.29, 1.82) is 0 Å². The van der Waals surface area contributed by atoms with Gasteiger partial charge in [0.1, 0.15) is 11.9 Å². The molecule has 0 unspecified atom stereocenters. The van der Waals surface area contributed by atoms with Crippen molar-refractivity contribution in [3.05, 3.63) is 84.2 Å². The van der Waals surface area contributed by atoms with Gasteiger partial charge in [0.2, 0.25) is 5.91 Å². The summed E-state index contributed by atoms with van der Waals surface area (Å²) in [7, 11) is 0. The van der Waals surface area contributed by atoms with Crippen molar-refractivity contribution < 1.29 is 14.3 Å². The first kappa shape index (κ1) is 22.7. The minimum absolute atomic E-state index is 0.0693. The van der Waals surface area contributed by atoms with Gasteiger partial charge in [-0.3, -0.25) is 14.6 Å². The van der Waals surface area contributed by atoms with Crippen molar-refractivity contribution in [2.75, 3.05) is 26.3 Å². The van der Waals surface area contributed by atoms with Crippen LogP contribution in [0.5, 0.6) is 0 Å². The van der Waals surface area contributed by atoms with Crippen LogP contribution in [0.4, 0.5) is 0 Å². The van der Waals surface area contributed by atoms with E-state index in [9.17, 15) is 9.59 Å². The van der Waals surface area contributed by atoms with Gasteiger partial charge in [0.05, 0.1) is 24.2 Å².